The largest absolute Gasteiger partial charge is 0.350 e. The molecule has 1 aliphatic heterocycles. The molecule has 0 spiro atoms. The first-order valence-corrected chi connectivity index (χ1v) is 10.3. The van der Waals surface area contributed by atoms with Crippen molar-refractivity contribution < 1.29 is 4.79 Å². The summed E-state index contributed by atoms with van der Waals surface area (Å²) in [6.45, 7) is 2.75. The van der Waals surface area contributed by atoms with Crippen LogP contribution >= 0.6 is 12.4 Å². The SMILES string of the molecule is Cl.O=C(NCC1(Cc2ccccc2)CCCC1)c1ccn(C2CCCNC2)n1. The van der Waals surface area contributed by atoms with Gasteiger partial charge in [-0.05, 0) is 55.7 Å². The van der Waals surface area contributed by atoms with Gasteiger partial charge < -0.3 is 10.6 Å². The number of hydrogen-bond donors (Lipinski definition) is 2. The van der Waals surface area contributed by atoms with Crippen molar-refractivity contribution in [1.82, 2.24) is 20.4 Å². The Kier molecular flexibility index (Phi) is 7.13. The number of carbonyl (C=O) groups excluding carboxylic acids is 1. The van der Waals surface area contributed by atoms with E-state index in [4.69, 9.17) is 0 Å². The third-order valence-corrected chi connectivity index (χ3v) is 6.20. The Morgan fingerprint density at radius 3 is 2.68 bits per heavy atom. The number of aromatic nitrogens is 2. The predicted molar refractivity (Wildman–Crippen MR) is 114 cm³/mol. The van der Waals surface area contributed by atoms with Crippen molar-refractivity contribution in [3.63, 3.8) is 0 Å². The Balaban J connectivity index is 0.00000225. The van der Waals surface area contributed by atoms with Crippen LogP contribution in [0.25, 0.3) is 0 Å². The summed E-state index contributed by atoms with van der Waals surface area (Å²) in [5.74, 6) is -0.0446. The van der Waals surface area contributed by atoms with E-state index in [1.54, 1.807) is 0 Å². The minimum Gasteiger partial charge on any atom is -0.350 e. The molecule has 28 heavy (non-hydrogen) atoms. The normalized spacial score (nSPS) is 21.1. The second-order valence-electron chi connectivity index (χ2n) is 8.23. The molecule has 1 aromatic carbocycles. The number of nitrogens with one attached hydrogen (secondary N) is 2. The van der Waals surface area contributed by atoms with Crippen LogP contribution < -0.4 is 10.6 Å². The first kappa shape index (κ1) is 20.9. The van der Waals surface area contributed by atoms with Gasteiger partial charge in [-0.3, -0.25) is 9.48 Å². The molecular weight excluding hydrogens is 372 g/mol. The summed E-state index contributed by atoms with van der Waals surface area (Å²) in [7, 11) is 0. The van der Waals surface area contributed by atoms with E-state index in [0.29, 0.717) is 11.7 Å². The van der Waals surface area contributed by atoms with Crippen molar-refractivity contribution in [3.05, 3.63) is 53.9 Å². The summed E-state index contributed by atoms with van der Waals surface area (Å²) in [5, 5.41) is 11.1. The molecule has 2 aliphatic rings. The quantitative estimate of drug-likeness (QED) is 0.773. The zero-order chi connectivity index (χ0) is 18.5. The van der Waals surface area contributed by atoms with Crippen LogP contribution in [0.3, 0.4) is 0 Å². The fourth-order valence-electron chi connectivity index (χ4n) is 4.65. The molecule has 1 unspecified atom stereocenters. The number of carbonyl (C=O) groups is 1. The second kappa shape index (κ2) is 9.57. The lowest BCUT2D eigenvalue weighted by molar-refractivity contribution is 0.0923. The number of rotatable bonds is 6. The summed E-state index contributed by atoms with van der Waals surface area (Å²) in [6.07, 6.45) is 10.1. The van der Waals surface area contributed by atoms with Gasteiger partial charge in [0, 0.05) is 19.3 Å². The second-order valence-corrected chi connectivity index (χ2v) is 8.23. The minimum atomic E-state index is -0.0446. The third kappa shape index (κ3) is 4.95. The Bertz CT molecular complexity index is 749. The van der Waals surface area contributed by atoms with Crippen molar-refractivity contribution >= 4 is 18.3 Å². The molecule has 2 heterocycles. The van der Waals surface area contributed by atoms with Crippen LogP contribution in [-0.4, -0.2) is 35.3 Å². The third-order valence-electron chi connectivity index (χ3n) is 6.20. The summed E-state index contributed by atoms with van der Waals surface area (Å²) in [4.78, 5) is 12.7. The van der Waals surface area contributed by atoms with Gasteiger partial charge in [0.25, 0.3) is 5.91 Å². The number of halogens is 1. The Morgan fingerprint density at radius 1 is 1.18 bits per heavy atom. The number of hydrogen-bond acceptors (Lipinski definition) is 3. The van der Waals surface area contributed by atoms with Crippen LogP contribution in [0.15, 0.2) is 42.6 Å². The van der Waals surface area contributed by atoms with E-state index in [1.165, 1.54) is 31.2 Å². The number of benzene rings is 1. The predicted octanol–water partition coefficient (Wildman–Crippen LogP) is 3.76. The fourth-order valence-corrected chi connectivity index (χ4v) is 4.65. The van der Waals surface area contributed by atoms with Crippen LogP contribution in [0.2, 0.25) is 0 Å². The molecule has 1 saturated carbocycles. The highest BCUT2D eigenvalue weighted by Crippen LogP contribution is 2.40. The highest BCUT2D eigenvalue weighted by atomic mass is 35.5. The zero-order valence-electron chi connectivity index (χ0n) is 16.4. The lowest BCUT2D eigenvalue weighted by atomic mass is 9.80. The highest BCUT2D eigenvalue weighted by molar-refractivity contribution is 5.92. The first-order chi connectivity index (χ1) is 13.2. The number of nitrogens with zero attached hydrogens (tertiary/aromatic N) is 2. The molecule has 1 aromatic heterocycles. The summed E-state index contributed by atoms with van der Waals surface area (Å²) in [5.41, 5.74) is 2.09. The van der Waals surface area contributed by atoms with E-state index in [0.717, 1.165) is 38.9 Å². The van der Waals surface area contributed by atoms with Gasteiger partial charge >= 0.3 is 0 Å². The molecule has 152 valence electrons. The molecule has 4 rings (SSSR count). The Hall–Kier alpha value is -1.85. The molecule has 1 aliphatic carbocycles. The maximum absolute atomic E-state index is 12.7. The molecule has 1 atom stereocenters. The summed E-state index contributed by atoms with van der Waals surface area (Å²) in [6, 6.07) is 12.9. The average Bonchev–Trinajstić information content (AvgIpc) is 3.38. The molecular formula is C22H31ClN4O. The van der Waals surface area contributed by atoms with Crippen LogP contribution in [-0.2, 0) is 6.42 Å². The van der Waals surface area contributed by atoms with Crippen LogP contribution in [0.4, 0.5) is 0 Å². The Morgan fingerprint density at radius 2 is 1.96 bits per heavy atom. The van der Waals surface area contributed by atoms with Gasteiger partial charge in [-0.2, -0.15) is 5.10 Å². The topological polar surface area (TPSA) is 59.0 Å². The highest BCUT2D eigenvalue weighted by Gasteiger charge is 2.34. The zero-order valence-corrected chi connectivity index (χ0v) is 17.2. The summed E-state index contributed by atoms with van der Waals surface area (Å²) < 4.78 is 1.95. The molecule has 2 fully saturated rings. The van der Waals surface area contributed by atoms with Crippen LogP contribution in [0.5, 0.6) is 0 Å². The minimum absolute atomic E-state index is 0. The van der Waals surface area contributed by atoms with Crippen LogP contribution in [0, 0.1) is 5.41 Å². The van der Waals surface area contributed by atoms with Gasteiger partial charge in [-0.1, -0.05) is 43.2 Å². The lowest BCUT2D eigenvalue weighted by Crippen LogP contribution is -2.37. The maximum atomic E-state index is 12.7. The van der Waals surface area contributed by atoms with Gasteiger partial charge in [-0.15, -0.1) is 12.4 Å². The molecule has 1 amide bonds. The Labute approximate surface area is 173 Å². The van der Waals surface area contributed by atoms with Crippen molar-refractivity contribution in [2.45, 2.75) is 51.0 Å². The average molecular weight is 403 g/mol. The summed E-state index contributed by atoms with van der Waals surface area (Å²) >= 11 is 0. The van der Waals surface area contributed by atoms with Crippen molar-refractivity contribution in [2.24, 2.45) is 5.41 Å². The molecule has 0 radical (unpaired) electrons. The number of piperidine rings is 1. The number of amides is 1. The van der Waals surface area contributed by atoms with Gasteiger partial charge in [0.15, 0.2) is 0 Å². The first-order valence-electron chi connectivity index (χ1n) is 10.3. The van der Waals surface area contributed by atoms with Gasteiger partial charge in [-0.25, -0.2) is 0 Å². The lowest BCUT2D eigenvalue weighted by Gasteiger charge is -2.29. The molecule has 5 nitrogen and oxygen atoms in total. The van der Waals surface area contributed by atoms with E-state index in [9.17, 15) is 4.79 Å². The van der Waals surface area contributed by atoms with E-state index >= 15 is 0 Å². The van der Waals surface area contributed by atoms with E-state index in [1.807, 2.05) is 16.9 Å². The van der Waals surface area contributed by atoms with Crippen molar-refractivity contribution in [1.29, 1.82) is 0 Å². The van der Waals surface area contributed by atoms with E-state index in [-0.39, 0.29) is 23.7 Å². The molecule has 6 heteroatoms. The van der Waals surface area contributed by atoms with Crippen molar-refractivity contribution in [2.75, 3.05) is 19.6 Å². The van der Waals surface area contributed by atoms with Gasteiger partial charge in [0.2, 0.25) is 0 Å². The standard InChI is InChI=1S/C22H30N4O.ClH/c27-21(20-10-14-26(25-20)19-9-6-13-23-16-19)24-17-22(11-4-5-12-22)15-18-7-2-1-3-8-18;/h1-3,7-8,10,14,19,23H,4-6,9,11-13,15-17H2,(H,24,27);1H. The fraction of sp³-hybridized carbons (Fsp3) is 0.545. The maximum Gasteiger partial charge on any atom is 0.271 e. The van der Waals surface area contributed by atoms with E-state index in [2.05, 4.69) is 46.1 Å². The van der Waals surface area contributed by atoms with Crippen LogP contribution in [0.1, 0.15) is 60.6 Å². The van der Waals surface area contributed by atoms with Gasteiger partial charge in [0.1, 0.15) is 5.69 Å². The van der Waals surface area contributed by atoms with Crippen molar-refractivity contribution in [3.8, 4) is 0 Å². The molecule has 1 saturated heterocycles. The smallest absolute Gasteiger partial charge is 0.271 e. The molecule has 2 aromatic rings. The van der Waals surface area contributed by atoms with E-state index < -0.39 is 0 Å². The van der Waals surface area contributed by atoms with Gasteiger partial charge in [0.05, 0.1) is 6.04 Å². The monoisotopic (exact) mass is 402 g/mol. The molecule has 2 N–H and O–H groups in total. The molecule has 0 bridgehead atoms.